The molecule has 1 rings (SSSR count). The molecule has 18 heavy (non-hydrogen) atoms. The Hall–Kier alpha value is -1.31. The smallest absolute Gasteiger partial charge is 0.240 e. The highest BCUT2D eigenvalue weighted by molar-refractivity contribution is 7.89. The minimum Gasteiger partial charge on any atom is -0.491 e. The van der Waals surface area contributed by atoms with E-state index in [0.29, 0.717) is 24.4 Å². The second kappa shape index (κ2) is 6.58. The van der Waals surface area contributed by atoms with Crippen LogP contribution in [-0.2, 0) is 10.0 Å². The van der Waals surface area contributed by atoms with E-state index in [1.54, 1.807) is 6.92 Å². The summed E-state index contributed by atoms with van der Waals surface area (Å²) in [5.74, 6) is 0.308. The molecule has 0 atom stereocenters. The maximum atomic E-state index is 11.8. The van der Waals surface area contributed by atoms with E-state index in [2.05, 4.69) is 4.72 Å². The van der Waals surface area contributed by atoms with E-state index in [1.807, 2.05) is 0 Å². The third-order valence-electron chi connectivity index (χ3n) is 2.19. The van der Waals surface area contributed by atoms with Crippen LogP contribution in [-0.4, -0.2) is 33.3 Å². The molecule has 0 aromatic heterocycles. The summed E-state index contributed by atoms with van der Waals surface area (Å²) in [6.07, 6.45) is 0.462. The summed E-state index contributed by atoms with van der Waals surface area (Å²) in [6.45, 7) is 2.31. The summed E-state index contributed by atoms with van der Waals surface area (Å²) in [7, 11) is -3.52. The highest BCUT2D eigenvalue weighted by Crippen LogP contribution is 2.25. The molecule has 0 heterocycles. The van der Waals surface area contributed by atoms with E-state index in [1.165, 1.54) is 18.2 Å². The molecular weight excluding hydrogens is 256 g/mol. The lowest BCUT2D eigenvalue weighted by atomic mass is 10.3. The lowest BCUT2D eigenvalue weighted by Gasteiger charge is -2.11. The van der Waals surface area contributed by atoms with Gasteiger partial charge in [0, 0.05) is 25.6 Å². The lowest BCUT2D eigenvalue weighted by Crippen LogP contribution is -2.23. The van der Waals surface area contributed by atoms with Crippen LogP contribution in [0.1, 0.15) is 13.3 Å². The number of benzene rings is 1. The first-order chi connectivity index (χ1) is 8.51. The lowest BCUT2D eigenvalue weighted by molar-refractivity contribution is 0.234. The number of nitrogens with two attached hydrogens (primary N) is 1. The molecule has 0 amide bonds. The van der Waals surface area contributed by atoms with Crippen LogP contribution < -0.4 is 15.2 Å². The molecule has 0 saturated heterocycles. The van der Waals surface area contributed by atoms with E-state index in [-0.39, 0.29) is 18.1 Å². The van der Waals surface area contributed by atoms with E-state index in [0.717, 1.165) is 0 Å². The molecular formula is C11H18N2O4S. The predicted octanol–water partition coefficient (Wildman–Crippen LogP) is 0.328. The third-order valence-corrected chi connectivity index (χ3v) is 3.73. The molecule has 1 aromatic carbocycles. The van der Waals surface area contributed by atoms with E-state index >= 15 is 0 Å². The van der Waals surface area contributed by atoms with Gasteiger partial charge in [-0.3, -0.25) is 0 Å². The maximum absolute atomic E-state index is 11.8. The van der Waals surface area contributed by atoms with Gasteiger partial charge in [0.2, 0.25) is 10.0 Å². The number of anilines is 1. The molecule has 0 radical (unpaired) electrons. The molecule has 7 heteroatoms. The van der Waals surface area contributed by atoms with Crippen LogP contribution >= 0.6 is 0 Å². The zero-order valence-corrected chi connectivity index (χ0v) is 11.0. The van der Waals surface area contributed by atoms with Crippen LogP contribution in [0.4, 0.5) is 5.69 Å². The molecule has 0 aliphatic carbocycles. The summed E-state index contributed by atoms with van der Waals surface area (Å²) in [6, 6.07) is 4.29. The summed E-state index contributed by atoms with van der Waals surface area (Å²) in [4.78, 5) is 0.109. The molecule has 0 saturated carbocycles. The highest BCUT2D eigenvalue weighted by atomic mass is 32.2. The summed E-state index contributed by atoms with van der Waals surface area (Å²) in [5.41, 5.74) is 6.05. The Bertz CT molecular complexity index is 488. The van der Waals surface area contributed by atoms with Gasteiger partial charge in [0.1, 0.15) is 5.75 Å². The first kappa shape index (κ1) is 14.7. The van der Waals surface area contributed by atoms with Crippen molar-refractivity contribution >= 4 is 15.7 Å². The van der Waals surface area contributed by atoms with Gasteiger partial charge in [0.05, 0.1) is 17.2 Å². The highest BCUT2D eigenvalue weighted by Gasteiger charge is 2.14. The monoisotopic (exact) mass is 274 g/mol. The fraction of sp³-hybridized carbons (Fsp3) is 0.455. The van der Waals surface area contributed by atoms with E-state index in [9.17, 15) is 8.42 Å². The average molecular weight is 274 g/mol. The number of sulfonamides is 1. The number of rotatable bonds is 7. The number of nitrogens with one attached hydrogen (secondary N) is 1. The Labute approximate surface area is 107 Å². The number of hydrogen-bond donors (Lipinski definition) is 3. The minimum atomic E-state index is -3.52. The first-order valence-corrected chi connectivity index (χ1v) is 7.12. The maximum Gasteiger partial charge on any atom is 0.240 e. The molecule has 102 valence electrons. The Morgan fingerprint density at radius 2 is 2.17 bits per heavy atom. The topological polar surface area (TPSA) is 102 Å². The van der Waals surface area contributed by atoms with E-state index in [4.69, 9.17) is 15.6 Å². The van der Waals surface area contributed by atoms with Gasteiger partial charge in [-0.25, -0.2) is 13.1 Å². The second-order valence-electron chi connectivity index (χ2n) is 3.63. The van der Waals surface area contributed by atoms with Crippen LogP contribution in [0.15, 0.2) is 23.1 Å². The number of hydrogen-bond acceptors (Lipinski definition) is 5. The summed E-state index contributed by atoms with van der Waals surface area (Å²) >= 11 is 0. The van der Waals surface area contributed by atoms with Crippen LogP contribution in [0.5, 0.6) is 5.75 Å². The van der Waals surface area contributed by atoms with Gasteiger partial charge in [0.15, 0.2) is 0 Å². The molecule has 1 aromatic rings. The van der Waals surface area contributed by atoms with Crippen LogP contribution in [0.3, 0.4) is 0 Å². The quantitative estimate of drug-likeness (QED) is 0.491. The number of aliphatic hydroxyl groups excluding tert-OH is 1. The van der Waals surface area contributed by atoms with Crippen LogP contribution in [0.25, 0.3) is 0 Å². The number of aliphatic hydroxyl groups is 1. The Morgan fingerprint density at radius 1 is 1.44 bits per heavy atom. The summed E-state index contributed by atoms with van der Waals surface area (Å²) < 4.78 is 31.3. The van der Waals surface area contributed by atoms with Gasteiger partial charge >= 0.3 is 0 Å². The van der Waals surface area contributed by atoms with Crippen molar-refractivity contribution in [2.45, 2.75) is 18.2 Å². The molecule has 0 fully saturated rings. The molecule has 0 aliphatic heterocycles. The number of nitrogen functional groups attached to an aromatic ring is 1. The molecule has 0 aliphatic rings. The zero-order valence-electron chi connectivity index (χ0n) is 10.2. The SMILES string of the molecule is CCNS(=O)(=O)c1ccc(N)c(OCCCO)c1. The second-order valence-corrected chi connectivity index (χ2v) is 5.39. The van der Waals surface area contributed by atoms with Gasteiger partial charge in [0.25, 0.3) is 0 Å². The summed E-state index contributed by atoms with van der Waals surface area (Å²) in [5, 5.41) is 8.65. The first-order valence-electron chi connectivity index (χ1n) is 5.64. The van der Waals surface area contributed by atoms with Crippen molar-refractivity contribution in [1.82, 2.24) is 4.72 Å². The van der Waals surface area contributed by atoms with Gasteiger partial charge in [-0.2, -0.15) is 0 Å². The van der Waals surface area contributed by atoms with Crippen molar-refractivity contribution in [3.8, 4) is 5.75 Å². The normalized spacial score (nSPS) is 11.4. The van der Waals surface area contributed by atoms with Crippen molar-refractivity contribution in [2.75, 3.05) is 25.5 Å². The largest absolute Gasteiger partial charge is 0.491 e. The predicted molar refractivity (Wildman–Crippen MR) is 68.9 cm³/mol. The Morgan fingerprint density at radius 3 is 2.78 bits per heavy atom. The zero-order chi connectivity index (χ0) is 13.6. The van der Waals surface area contributed by atoms with Crippen molar-refractivity contribution in [2.24, 2.45) is 0 Å². The average Bonchev–Trinajstić information content (AvgIpc) is 2.31. The number of ether oxygens (including phenoxy) is 1. The molecule has 0 spiro atoms. The van der Waals surface area contributed by atoms with Crippen LogP contribution in [0.2, 0.25) is 0 Å². The molecule has 0 bridgehead atoms. The fourth-order valence-electron chi connectivity index (χ4n) is 1.33. The molecule has 6 nitrogen and oxygen atoms in total. The van der Waals surface area contributed by atoms with E-state index < -0.39 is 10.0 Å². The third kappa shape index (κ3) is 3.86. The fourth-order valence-corrected chi connectivity index (χ4v) is 2.38. The van der Waals surface area contributed by atoms with Crippen molar-refractivity contribution < 1.29 is 18.3 Å². The van der Waals surface area contributed by atoms with Gasteiger partial charge < -0.3 is 15.6 Å². The molecule has 0 unspecified atom stereocenters. The Kier molecular flexibility index (Phi) is 5.39. The van der Waals surface area contributed by atoms with Gasteiger partial charge in [-0.1, -0.05) is 6.92 Å². The van der Waals surface area contributed by atoms with Crippen LogP contribution in [0, 0.1) is 0 Å². The van der Waals surface area contributed by atoms with Crippen molar-refractivity contribution in [3.05, 3.63) is 18.2 Å². The standard InChI is InChI=1S/C11H18N2O4S/c1-2-13-18(15,16)9-4-5-10(12)11(8-9)17-7-3-6-14/h4-5,8,13-14H,2-3,6-7,12H2,1H3. The molecule has 4 N–H and O–H groups in total. The van der Waals surface area contributed by atoms with Gasteiger partial charge in [-0.15, -0.1) is 0 Å². The Balaban J connectivity index is 2.93. The van der Waals surface area contributed by atoms with Gasteiger partial charge in [-0.05, 0) is 12.1 Å². The van der Waals surface area contributed by atoms with Crippen molar-refractivity contribution in [3.63, 3.8) is 0 Å². The minimum absolute atomic E-state index is 0.00921. The van der Waals surface area contributed by atoms with Crippen molar-refractivity contribution in [1.29, 1.82) is 0 Å².